The zero-order chi connectivity index (χ0) is 11.1. The van der Waals surface area contributed by atoms with Crippen molar-refractivity contribution in [1.82, 2.24) is 0 Å². The maximum Gasteiger partial charge on any atom is 0.306 e. The summed E-state index contributed by atoms with van der Waals surface area (Å²) in [6.07, 6.45) is 7.70. The van der Waals surface area contributed by atoms with Crippen LogP contribution in [0.25, 0.3) is 0 Å². The molecule has 15 heavy (non-hydrogen) atoms. The topological polar surface area (TPSA) is 46.5 Å². The Morgan fingerprint density at radius 2 is 2.40 bits per heavy atom. The lowest BCUT2D eigenvalue weighted by Gasteiger charge is -2.17. The van der Waals surface area contributed by atoms with Crippen LogP contribution in [0.1, 0.15) is 45.4 Å². The van der Waals surface area contributed by atoms with Crippen LogP contribution in [0.3, 0.4) is 0 Å². The number of esters is 1. The zero-order valence-corrected chi connectivity index (χ0v) is 9.32. The van der Waals surface area contributed by atoms with E-state index in [4.69, 9.17) is 4.74 Å². The maximum absolute atomic E-state index is 11.4. The predicted molar refractivity (Wildman–Crippen MR) is 58.4 cm³/mol. The number of aliphatic hydroxyl groups is 1. The number of hydrogen-bond acceptors (Lipinski definition) is 3. The Labute approximate surface area is 91.1 Å². The predicted octanol–water partition coefficient (Wildman–Crippen LogP) is 2.19. The first-order valence-corrected chi connectivity index (χ1v) is 5.76. The highest BCUT2D eigenvalue weighted by Crippen LogP contribution is 2.13. The SMILES string of the molecule is CCCC1C/C=C\C(O)CCCC(=O)O1. The summed E-state index contributed by atoms with van der Waals surface area (Å²) in [5, 5.41) is 9.49. The van der Waals surface area contributed by atoms with E-state index in [-0.39, 0.29) is 12.1 Å². The molecule has 0 aliphatic carbocycles. The fourth-order valence-electron chi connectivity index (χ4n) is 1.73. The summed E-state index contributed by atoms with van der Waals surface area (Å²) < 4.78 is 5.33. The van der Waals surface area contributed by atoms with Gasteiger partial charge in [-0.3, -0.25) is 4.79 Å². The molecule has 86 valence electrons. The van der Waals surface area contributed by atoms with Gasteiger partial charge in [0.2, 0.25) is 0 Å². The Bertz CT molecular complexity index is 223. The van der Waals surface area contributed by atoms with E-state index in [1.807, 2.05) is 12.2 Å². The van der Waals surface area contributed by atoms with Crippen LogP contribution >= 0.6 is 0 Å². The third-order valence-corrected chi connectivity index (χ3v) is 2.55. The molecule has 1 aliphatic rings. The molecule has 0 saturated heterocycles. The number of rotatable bonds is 2. The minimum Gasteiger partial charge on any atom is -0.462 e. The van der Waals surface area contributed by atoms with Crippen LogP contribution in [0.4, 0.5) is 0 Å². The van der Waals surface area contributed by atoms with E-state index in [9.17, 15) is 9.90 Å². The van der Waals surface area contributed by atoms with Gasteiger partial charge >= 0.3 is 5.97 Å². The molecule has 0 aromatic heterocycles. The minimum atomic E-state index is -0.404. The van der Waals surface area contributed by atoms with Crippen LogP contribution in [0.15, 0.2) is 12.2 Å². The average Bonchev–Trinajstić information content (AvgIpc) is 2.17. The Morgan fingerprint density at radius 1 is 1.60 bits per heavy atom. The molecule has 0 fully saturated rings. The molecular formula is C12H20O3. The van der Waals surface area contributed by atoms with Crippen molar-refractivity contribution in [3.8, 4) is 0 Å². The van der Waals surface area contributed by atoms with Crippen LogP contribution in [-0.2, 0) is 9.53 Å². The van der Waals surface area contributed by atoms with Gasteiger partial charge in [0, 0.05) is 12.8 Å². The van der Waals surface area contributed by atoms with Crippen molar-refractivity contribution >= 4 is 5.97 Å². The van der Waals surface area contributed by atoms with Crippen LogP contribution < -0.4 is 0 Å². The van der Waals surface area contributed by atoms with Gasteiger partial charge in [0.25, 0.3) is 0 Å². The molecular weight excluding hydrogens is 192 g/mol. The fraction of sp³-hybridized carbons (Fsp3) is 0.750. The number of hydrogen-bond donors (Lipinski definition) is 1. The summed E-state index contributed by atoms with van der Waals surface area (Å²) in [7, 11) is 0. The lowest BCUT2D eigenvalue weighted by Crippen LogP contribution is -2.19. The molecule has 1 rings (SSSR count). The summed E-state index contributed by atoms with van der Waals surface area (Å²) in [6, 6.07) is 0. The highest BCUT2D eigenvalue weighted by Gasteiger charge is 2.14. The van der Waals surface area contributed by atoms with Gasteiger partial charge in [-0.1, -0.05) is 25.5 Å². The second-order valence-corrected chi connectivity index (χ2v) is 4.02. The maximum atomic E-state index is 11.4. The summed E-state index contributed by atoms with van der Waals surface area (Å²) in [5.74, 6) is -0.129. The van der Waals surface area contributed by atoms with Crippen molar-refractivity contribution in [3.63, 3.8) is 0 Å². The monoisotopic (exact) mass is 212 g/mol. The average molecular weight is 212 g/mol. The summed E-state index contributed by atoms with van der Waals surface area (Å²) in [5.41, 5.74) is 0. The van der Waals surface area contributed by atoms with E-state index in [1.165, 1.54) is 0 Å². The van der Waals surface area contributed by atoms with E-state index >= 15 is 0 Å². The Balaban J connectivity index is 2.53. The number of ether oxygens (including phenoxy) is 1. The van der Waals surface area contributed by atoms with Crippen LogP contribution in [0.5, 0.6) is 0 Å². The molecule has 0 aromatic rings. The Hall–Kier alpha value is -0.830. The molecule has 3 nitrogen and oxygen atoms in total. The van der Waals surface area contributed by atoms with E-state index < -0.39 is 6.10 Å². The van der Waals surface area contributed by atoms with Gasteiger partial charge in [-0.25, -0.2) is 0 Å². The molecule has 0 aromatic carbocycles. The first-order valence-electron chi connectivity index (χ1n) is 5.76. The van der Waals surface area contributed by atoms with E-state index in [0.29, 0.717) is 19.3 Å². The second kappa shape index (κ2) is 6.62. The van der Waals surface area contributed by atoms with Gasteiger partial charge < -0.3 is 9.84 Å². The normalized spacial score (nSPS) is 30.7. The van der Waals surface area contributed by atoms with Gasteiger partial charge in [0.1, 0.15) is 6.10 Å². The number of carbonyl (C=O) groups excluding carboxylic acids is 1. The first kappa shape index (κ1) is 12.2. The molecule has 0 spiro atoms. The molecule has 0 radical (unpaired) electrons. The van der Waals surface area contributed by atoms with Crippen LogP contribution in [-0.4, -0.2) is 23.3 Å². The quantitative estimate of drug-likeness (QED) is 0.563. The van der Waals surface area contributed by atoms with Crippen molar-refractivity contribution in [2.45, 2.75) is 57.7 Å². The van der Waals surface area contributed by atoms with Crippen molar-refractivity contribution < 1.29 is 14.6 Å². The molecule has 0 bridgehead atoms. The zero-order valence-electron chi connectivity index (χ0n) is 9.32. The lowest BCUT2D eigenvalue weighted by molar-refractivity contribution is -0.149. The molecule has 0 saturated carbocycles. The summed E-state index contributed by atoms with van der Waals surface area (Å²) in [6.45, 7) is 2.07. The largest absolute Gasteiger partial charge is 0.462 e. The molecule has 3 heteroatoms. The van der Waals surface area contributed by atoms with E-state index in [1.54, 1.807) is 0 Å². The van der Waals surface area contributed by atoms with Gasteiger partial charge in [-0.15, -0.1) is 0 Å². The number of carbonyl (C=O) groups is 1. The second-order valence-electron chi connectivity index (χ2n) is 4.02. The molecule has 2 atom stereocenters. The fourth-order valence-corrected chi connectivity index (χ4v) is 1.73. The summed E-state index contributed by atoms with van der Waals surface area (Å²) >= 11 is 0. The summed E-state index contributed by atoms with van der Waals surface area (Å²) in [4.78, 5) is 11.4. The first-order chi connectivity index (χ1) is 7.22. The van der Waals surface area contributed by atoms with E-state index in [0.717, 1.165) is 19.3 Å². The molecule has 1 heterocycles. The number of cyclic esters (lactones) is 1. The van der Waals surface area contributed by atoms with Crippen molar-refractivity contribution in [3.05, 3.63) is 12.2 Å². The molecule has 1 aliphatic heterocycles. The lowest BCUT2D eigenvalue weighted by atomic mass is 10.1. The highest BCUT2D eigenvalue weighted by atomic mass is 16.5. The third-order valence-electron chi connectivity index (χ3n) is 2.55. The van der Waals surface area contributed by atoms with E-state index in [2.05, 4.69) is 6.92 Å². The van der Waals surface area contributed by atoms with Gasteiger partial charge in [0.15, 0.2) is 0 Å². The van der Waals surface area contributed by atoms with Crippen molar-refractivity contribution in [2.75, 3.05) is 0 Å². The Morgan fingerprint density at radius 3 is 3.13 bits per heavy atom. The standard InChI is InChI=1S/C12H20O3/c1-2-5-11-8-3-6-10(13)7-4-9-12(14)15-11/h3,6,10-11,13H,2,4-5,7-9H2,1H3/b6-3-. The highest BCUT2D eigenvalue weighted by molar-refractivity contribution is 5.69. The number of aliphatic hydroxyl groups excluding tert-OH is 1. The van der Waals surface area contributed by atoms with Crippen LogP contribution in [0, 0.1) is 0 Å². The van der Waals surface area contributed by atoms with Crippen LogP contribution in [0.2, 0.25) is 0 Å². The van der Waals surface area contributed by atoms with Gasteiger partial charge in [-0.05, 0) is 19.3 Å². The van der Waals surface area contributed by atoms with Gasteiger partial charge in [-0.2, -0.15) is 0 Å². The third kappa shape index (κ3) is 4.98. The minimum absolute atomic E-state index is 0.0101. The van der Waals surface area contributed by atoms with Crippen molar-refractivity contribution in [2.24, 2.45) is 0 Å². The van der Waals surface area contributed by atoms with Gasteiger partial charge in [0.05, 0.1) is 6.10 Å². The van der Waals surface area contributed by atoms with Crippen molar-refractivity contribution in [1.29, 1.82) is 0 Å². The molecule has 2 unspecified atom stereocenters. The Kier molecular flexibility index (Phi) is 5.40. The smallest absolute Gasteiger partial charge is 0.306 e. The molecule has 0 amide bonds. The molecule has 1 N–H and O–H groups in total.